The molecule has 0 unspecified atom stereocenters. The van der Waals surface area contributed by atoms with E-state index >= 15 is 0 Å². The Balaban J connectivity index is 1.99. The summed E-state index contributed by atoms with van der Waals surface area (Å²) < 4.78 is 5.42. The first-order valence-electron chi connectivity index (χ1n) is 8.00. The molecule has 0 aliphatic carbocycles. The molecule has 3 aromatic rings. The highest BCUT2D eigenvalue weighted by molar-refractivity contribution is 5.59. The van der Waals surface area contributed by atoms with Crippen molar-refractivity contribution in [2.24, 2.45) is 0 Å². The van der Waals surface area contributed by atoms with Crippen molar-refractivity contribution in [1.29, 1.82) is 0 Å². The minimum Gasteiger partial charge on any atom is -0.354 e. The second kappa shape index (κ2) is 6.74. The van der Waals surface area contributed by atoms with Crippen LogP contribution in [0, 0.1) is 13.8 Å². The van der Waals surface area contributed by atoms with E-state index in [1.807, 2.05) is 45.9 Å². The summed E-state index contributed by atoms with van der Waals surface area (Å²) >= 11 is 0. The fourth-order valence-corrected chi connectivity index (χ4v) is 2.43. The fourth-order valence-electron chi connectivity index (χ4n) is 2.43. The number of anilines is 1. The van der Waals surface area contributed by atoms with Gasteiger partial charge in [-0.1, -0.05) is 12.1 Å². The maximum absolute atomic E-state index is 5.42. The molecule has 124 valence electrons. The van der Waals surface area contributed by atoms with Crippen LogP contribution in [0.3, 0.4) is 0 Å². The van der Waals surface area contributed by atoms with Crippen LogP contribution in [0.2, 0.25) is 0 Å². The minimum absolute atomic E-state index is 0.383. The third-order valence-electron chi connectivity index (χ3n) is 3.46. The highest BCUT2D eigenvalue weighted by Crippen LogP contribution is 2.23. The number of aromatic nitrogens is 5. The van der Waals surface area contributed by atoms with Gasteiger partial charge in [0.1, 0.15) is 5.69 Å². The predicted octanol–water partition coefficient (Wildman–Crippen LogP) is 3.20. The summed E-state index contributed by atoms with van der Waals surface area (Å²) in [5.74, 6) is 1.48. The maximum Gasteiger partial charge on any atom is 0.277 e. The van der Waals surface area contributed by atoms with Crippen molar-refractivity contribution in [2.75, 3.05) is 11.9 Å². The summed E-state index contributed by atoms with van der Waals surface area (Å²) in [7, 11) is 0. The molecule has 0 saturated carbocycles. The Hall–Kier alpha value is -2.83. The first kappa shape index (κ1) is 16.0. The molecule has 0 spiro atoms. The van der Waals surface area contributed by atoms with Crippen LogP contribution in [0.4, 0.5) is 5.95 Å². The largest absolute Gasteiger partial charge is 0.354 e. The van der Waals surface area contributed by atoms with Gasteiger partial charge in [-0.25, -0.2) is 9.97 Å². The van der Waals surface area contributed by atoms with E-state index in [0.717, 1.165) is 35.6 Å². The average molecular weight is 324 g/mol. The van der Waals surface area contributed by atoms with Gasteiger partial charge in [-0.3, -0.25) is 4.98 Å². The summed E-state index contributed by atoms with van der Waals surface area (Å²) in [5.41, 5.74) is 4.26. The van der Waals surface area contributed by atoms with Gasteiger partial charge in [-0.05, 0) is 45.4 Å². The molecule has 0 bridgehead atoms. The molecule has 0 aliphatic heterocycles. The minimum atomic E-state index is 0.383. The Morgan fingerprint density at radius 3 is 2.38 bits per heavy atom. The summed E-state index contributed by atoms with van der Waals surface area (Å²) in [6.45, 7) is 8.68. The SMILES string of the molecule is CCNc1nc(CC)cc(-c2nc(-c3cc(C)nc(C)c3)no2)n1. The van der Waals surface area contributed by atoms with Crippen LogP contribution in [-0.4, -0.2) is 31.6 Å². The molecule has 24 heavy (non-hydrogen) atoms. The van der Waals surface area contributed by atoms with Crippen LogP contribution in [0.1, 0.15) is 30.9 Å². The van der Waals surface area contributed by atoms with Gasteiger partial charge in [-0.2, -0.15) is 4.98 Å². The molecule has 7 heteroatoms. The Bertz CT molecular complexity index is 838. The third-order valence-corrected chi connectivity index (χ3v) is 3.46. The van der Waals surface area contributed by atoms with E-state index in [1.165, 1.54) is 0 Å². The van der Waals surface area contributed by atoms with Gasteiger partial charge in [0.2, 0.25) is 11.8 Å². The lowest BCUT2D eigenvalue weighted by molar-refractivity contribution is 0.431. The first-order chi connectivity index (χ1) is 11.6. The Labute approximate surface area is 140 Å². The number of rotatable bonds is 5. The second-order valence-electron chi connectivity index (χ2n) is 5.51. The molecule has 0 atom stereocenters. The standard InChI is InChI=1S/C17H20N6O/c1-5-13-9-14(21-17(20-13)18-6-2)16-22-15(23-24-16)12-7-10(3)19-11(4)8-12/h7-9H,5-6H2,1-4H3,(H,18,20,21). The molecule has 0 radical (unpaired) electrons. The van der Waals surface area contributed by atoms with E-state index < -0.39 is 0 Å². The molecule has 3 rings (SSSR count). The molecule has 1 N–H and O–H groups in total. The van der Waals surface area contributed by atoms with Crippen molar-refractivity contribution in [3.8, 4) is 23.0 Å². The Morgan fingerprint density at radius 2 is 1.71 bits per heavy atom. The Kier molecular flexibility index (Phi) is 4.50. The predicted molar refractivity (Wildman–Crippen MR) is 91.6 cm³/mol. The zero-order valence-corrected chi connectivity index (χ0v) is 14.3. The molecule has 7 nitrogen and oxygen atoms in total. The van der Waals surface area contributed by atoms with Gasteiger partial charge in [0.25, 0.3) is 5.89 Å². The van der Waals surface area contributed by atoms with Crippen LogP contribution < -0.4 is 5.32 Å². The van der Waals surface area contributed by atoms with Gasteiger partial charge in [0.05, 0.1) is 0 Å². The van der Waals surface area contributed by atoms with Crippen molar-refractivity contribution >= 4 is 5.95 Å². The molecular formula is C17H20N6O. The molecular weight excluding hydrogens is 304 g/mol. The first-order valence-corrected chi connectivity index (χ1v) is 8.00. The fraction of sp³-hybridized carbons (Fsp3) is 0.353. The zero-order chi connectivity index (χ0) is 17.1. The monoisotopic (exact) mass is 324 g/mol. The van der Waals surface area contributed by atoms with Crippen LogP contribution in [-0.2, 0) is 6.42 Å². The normalized spacial score (nSPS) is 10.8. The topological polar surface area (TPSA) is 89.6 Å². The number of hydrogen-bond acceptors (Lipinski definition) is 7. The van der Waals surface area contributed by atoms with E-state index in [2.05, 4.69) is 30.4 Å². The van der Waals surface area contributed by atoms with Gasteiger partial charge in [0, 0.05) is 29.2 Å². The molecule has 0 saturated heterocycles. The highest BCUT2D eigenvalue weighted by Gasteiger charge is 2.14. The van der Waals surface area contributed by atoms with Crippen LogP contribution in [0.15, 0.2) is 22.7 Å². The van der Waals surface area contributed by atoms with E-state index in [-0.39, 0.29) is 0 Å². The Morgan fingerprint density at radius 1 is 0.958 bits per heavy atom. The van der Waals surface area contributed by atoms with Gasteiger partial charge < -0.3 is 9.84 Å². The van der Waals surface area contributed by atoms with E-state index in [1.54, 1.807) is 0 Å². The third kappa shape index (κ3) is 3.40. The maximum atomic E-state index is 5.42. The number of aryl methyl sites for hydroxylation is 3. The second-order valence-corrected chi connectivity index (χ2v) is 5.51. The molecule has 3 aromatic heterocycles. The summed E-state index contributed by atoms with van der Waals surface area (Å²) in [5, 5.41) is 7.21. The van der Waals surface area contributed by atoms with Crippen molar-refractivity contribution in [3.63, 3.8) is 0 Å². The number of nitrogens with zero attached hydrogens (tertiary/aromatic N) is 5. The summed E-state index contributed by atoms with van der Waals surface area (Å²) in [6.07, 6.45) is 0.803. The van der Waals surface area contributed by atoms with Crippen LogP contribution >= 0.6 is 0 Å². The lowest BCUT2D eigenvalue weighted by Gasteiger charge is -2.05. The van der Waals surface area contributed by atoms with E-state index in [4.69, 9.17) is 4.52 Å². The van der Waals surface area contributed by atoms with E-state index in [9.17, 15) is 0 Å². The number of pyridine rings is 1. The lowest BCUT2D eigenvalue weighted by Crippen LogP contribution is -2.05. The molecule has 0 fully saturated rings. The molecule has 0 amide bonds. The van der Waals surface area contributed by atoms with E-state index in [0.29, 0.717) is 23.4 Å². The van der Waals surface area contributed by atoms with Gasteiger partial charge >= 0.3 is 0 Å². The zero-order valence-electron chi connectivity index (χ0n) is 14.3. The number of nitrogens with one attached hydrogen (secondary N) is 1. The van der Waals surface area contributed by atoms with Crippen molar-refractivity contribution < 1.29 is 4.52 Å². The van der Waals surface area contributed by atoms with Crippen molar-refractivity contribution in [3.05, 3.63) is 35.3 Å². The lowest BCUT2D eigenvalue weighted by atomic mass is 10.2. The molecule has 0 aliphatic rings. The number of hydrogen-bond donors (Lipinski definition) is 1. The summed E-state index contributed by atoms with van der Waals surface area (Å²) in [6, 6.07) is 5.74. The quantitative estimate of drug-likeness (QED) is 0.770. The van der Waals surface area contributed by atoms with Gasteiger partial charge in [0.15, 0.2) is 0 Å². The van der Waals surface area contributed by atoms with Crippen molar-refractivity contribution in [1.82, 2.24) is 25.1 Å². The van der Waals surface area contributed by atoms with Crippen LogP contribution in [0.5, 0.6) is 0 Å². The van der Waals surface area contributed by atoms with Gasteiger partial charge in [-0.15, -0.1) is 0 Å². The summed E-state index contributed by atoms with van der Waals surface area (Å²) in [4.78, 5) is 17.7. The molecule has 3 heterocycles. The smallest absolute Gasteiger partial charge is 0.277 e. The highest BCUT2D eigenvalue weighted by atomic mass is 16.5. The van der Waals surface area contributed by atoms with Crippen molar-refractivity contribution in [2.45, 2.75) is 34.1 Å². The van der Waals surface area contributed by atoms with Crippen LogP contribution in [0.25, 0.3) is 23.0 Å². The molecule has 0 aromatic carbocycles. The average Bonchev–Trinajstić information content (AvgIpc) is 3.04.